The summed E-state index contributed by atoms with van der Waals surface area (Å²) >= 11 is 3.77. The number of rotatable bonds is 1. The van der Waals surface area contributed by atoms with E-state index in [-0.39, 0.29) is 6.85 Å². The third-order valence-corrected chi connectivity index (χ3v) is 15.4. The third kappa shape index (κ3) is 3.63. The fraction of sp³-hybridized carbons (Fsp3) is 0. The lowest BCUT2D eigenvalue weighted by Gasteiger charge is -2.41. The number of aromatic nitrogens is 1. The van der Waals surface area contributed by atoms with Gasteiger partial charge >= 0.3 is 6.85 Å². The molecule has 6 heteroatoms. The minimum absolute atomic E-state index is 0.0781. The van der Waals surface area contributed by atoms with Gasteiger partial charge in [0.25, 0.3) is 0 Å². The number of thiophene rings is 2. The van der Waals surface area contributed by atoms with Crippen LogP contribution in [-0.2, 0) is 0 Å². The van der Waals surface area contributed by atoms with Crippen LogP contribution in [0.4, 0.5) is 17.1 Å². The van der Waals surface area contributed by atoms with Crippen LogP contribution in [0.5, 0.6) is 0 Å². The average Bonchev–Trinajstić information content (AvgIpc) is 4.03. The molecule has 0 saturated carbocycles. The van der Waals surface area contributed by atoms with Crippen LogP contribution >= 0.6 is 22.7 Å². The smallest absolute Gasteiger partial charge is 0.333 e. The summed E-state index contributed by atoms with van der Waals surface area (Å²) in [5, 5.41) is 12.7. The number of hydrogen-bond donors (Lipinski definition) is 0. The van der Waals surface area contributed by atoms with Gasteiger partial charge in [0.2, 0.25) is 0 Å². The largest absolute Gasteiger partial charge is 0.456 e. The molecule has 6 heterocycles. The summed E-state index contributed by atoms with van der Waals surface area (Å²) in [4.78, 5) is 2.60. The van der Waals surface area contributed by atoms with Crippen molar-refractivity contribution in [2.24, 2.45) is 0 Å². The topological polar surface area (TPSA) is 21.3 Å². The first-order valence-electron chi connectivity index (χ1n) is 19.9. The van der Waals surface area contributed by atoms with E-state index >= 15 is 0 Å². The number of fused-ring (bicyclic) bond motifs is 19. The molecule has 58 heavy (non-hydrogen) atoms. The Bertz CT molecular complexity index is 4020. The van der Waals surface area contributed by atoms with Gasteiger partial charge in [0.05, 0.1) is 11.1 Å². The van der Waals surface area contributed by atoms with Crippen molar-refractivity contribution in [2.45, 2.75) is 0 Å². The summed E-state index contributed by atoms with van der Waals surface area (Å²) in [6.45, 7) is -0.0781. The Balaban J connectivity index is 1.18. The SMILES string of the molecule is c1ccc2c(c1)ccc1c2c2cccc3c2n1B1c2cc4sc5ccccc5c4cc2N(c2ccc4sc5ccccc5c4c2)c2c1c-3cc1oc3ccccc3c21. The van der Waals surface area contributed by atoms with E-state index in [0.29, 0.717) is 0 Å². The minimum atomic E-state index is -0.0781. The second-order valence-electron chi connectivity index (χ2n) is 15.9. The maximum atomic E-state index is 6.89. The summed E-state index contributed by atoms with van der Waals surface area (Å²) in [6.07, 6.45) is 0. The Kier molecular flexibility index (Phi) is 5.51. The molecule has 2 aliphatic heterocycles. The Morgan fingerprint density at radius 1 is 0.466 bits per heavy atom. The van der Waals surface area contributed by atoms with Gasteiger partial charge < -0.3 is 13.8 Å². The number of furan rings is 1. The lowest BCUT2D eigenvalue weighted by molar-refractivity contribution is 0.669. The number of para-hydroxylation sites is 2. The van der Waals surface area contributed by atoms with Gasteiger partial charge in [-0.25, -0.2) is 0 Å². The predicted octanol–water partition coefficient (Wildman–Crippen LogP) is 14.0. The highest BCUT2D eigenvalue weighted by molar-refractivity contribution is 7.26. The molecule has 0 radical (unpaired) electrons. The van der Waals surface area contributed by atoms with Gasteiger partial charge in [0.15, 0.2) is 0 Å². The molecule has 0 unspecified atom stereocenters. The van der Waals surface area contributed by atoms with Crippen molar-refractivity contribution < 1.29 is 4.42 Å². The molecule has 0 fully saturated rings. The maximum absolute atomic E-state index is 6.89. The van der Waals surface area contributed by atoms with Crippen molar-refractivity contribution in [1.29, 1.82) is 0 Å². The molecule has 0 saturated heterocycles. The average molecular weight is 771 g/mol. The Labute approximate surface area is 339 Å². The summed E-state index contributed by atoms with van der Waals surface area (Å²) in [6, 6.07) is 61.3. The van der Waals surface area contributed by atoms with E-state index < -0.39 is 0 Å². The molecular weight excluding hydrogens is 744 g/mol. The van der Waals surface area contributed by atoms with Crippen LogP contribution in [-0.4, -0.2) is 11.3 Å². The molecule has 9 aromatic carbocycles. The molecule has 4 aromatic heterocycles. The molecule has 0 atom stereocenters. The number of benzene rings is 9. The molecule has 3 nitrogen and oxygen atoms in total. The third-order valence-electron chi connectivity index (χ3n) is 13.1. The summed E-state index contributed by atoms with van der Waals surface area (Å²) < 4.78 is 14.8. The van der Waals surface area contributed by atoms with E-state index in [1.807, 2.05) is 22.7 Å². The molecule has 0 amide bonds. The molecule has 15 rings (SSSR count). The van der Waals surface area contributed by atoms with Gasteiger partial charge in [-0.3, -0.25) is 0 Å². The zero-order valence-electron chi connectivity index (χ0n) is 30.8. The van der Waals surface area contributed by atoms with Crippen molar-refractivity contribution >= 4 is 152 Å². The monoisotopic (exact) mass is 770 g/mol. The van der Waals surface area contributed by atoms with E-state index in [1.165, 1.54) is 106 Å². The summed E-state index contributed by atoms with van der Waals surface area (Å²) in [5.41, 5.74) is 13.1. The van der Waals surface area contributed by atoms with Gasteiger partial charge in [0.1, 0.15) is 11.2 Å². The predicted molar refractivity (Wildman–Crippen MR) is 251 cm³/mol. The van der Waals surface area contributed by atoms with Crippen LogP contribution in [0.25, 0.3) is 106 Å². The van der Waals surface area contributed by atoms with Crippen molar-refractivity contribution in [3.8, 4) is 11.1 Å². The van der Waals surface area contributed by atoms with Crippen LogP contribution < -0.4 is 15.8 Å². The summed E-state index contributed by atoms with van der Waals surface area (Å²) in [5.74, 6) is 0. The molecule has 2 aliphatic rings. The number of anilines is 3. The minimum Gasteiger partial charge on any atom is -0.456 e. The molecule has 13 aromatic rings. The van der Waals surface area contributed by atoms with Crippen LogP contribution in [0.3, 0.4) is 0 Å². The Morgan fingerprint density at radius 2 is 1.17 bits per heavy atom. The van der Waals surface area contributed by atoms with Gasteiger partial charge in [-0.15, -0.1) is 22.7 Å². The number of nitrogens with zero attached hydrogens (tertiary/aromatic N) is 2. The second-order valence-corrected chi connectivity index (χ2v) is 18.1. The van der Waals surface area contributed by atoms with Crippen LogP contribution in [0.1, 0.15) is 0 Å². The van der Waals surface area contributed by atoms with Crippen LogP contribution in [0.2, 0.25) is 0 Å². The van der Waals surface area contributed by atoms with E-state index in [9.17, 15) is 0 Å². The maximum Gasteiger partial charge on any atom is 0.333 e. The Morgan fingerprint density at radius 3 is 2.03 bits per heavy atom. The number of hydrogen-bond acceptors (Lipinski definition) is 4. The van der Waals surface area contributed by atoms with Crippen LogP contribution in [0.15, 0.2) is 168 Å². The van der Waals surface area contributed by atoms with Gasteiger partial charge in [-0.05, 0) is 87.9 Å². The van der Waals surface area contributed by atoms with E-state index in [2.05, 4.69) is 173 Å². The van der Waals surface area contributed by atoms with E-state index in [1.54, 1.807) is 0 Å². The van der Waals surface area contributed by atoms with Gasteiger partial charge in [-0.1, -0.05) is 103 Å². The van der Waals surface area contributed by atoms with E-state index in [4.69, 9.17) is 4.42 Å². The quantitative estimate of drug-likeness (QED) is 0.155. The molecular formula is C52H27BN2OS2. The molecule has 0 aliphatic carbocycles. The first kappa shape index (κ1) is 30.3. The fourth-order valence-corrected chi connectivity index (χ4v) is 13.0. The van der Waals surface area contributed by atoms with Crippen molar-refractivity contribution in [3.63, 3.8) is 0 Å². The highest BCUT2D eigenvalue weighted by Gasteiger charge is 2.45. The first-order chi connectivity index (χ1) is 28.8. The highest BCUT2D eigenvalue weighted by Crippen LogP contribution is 2.52. The lowest BCUT2D eigenvalue weighted by Crippen LogP contribution is -2.56. The fourth-order valence-electron chi connectivity index (χ4n) is 10.8. The summed E-state index contributed by atoms with van der Waals surface area (Å²) in [7, 11) is 0. The van der Waals surface area contributed by atoms with Crippen molar-refractivity contribution in [1.82, 2.24) is 4.48 Å². The lowest BCUT2D eigenvalue weighted by atomic mass is 9.45. The standard InChI is InChI=1S/C52H27BN2OS2/c1-2-11-30-28(10-1)20-22-40-48(30)35-16-9-15-33-38-26-43-49(34-14-3-6-17-42(34)56-43)52-50(38)53(55(40)51(33)35)39-27-47-37(32-13-5-8-19-45(32)58-47)25-41(39)54(52)29-21-23-46-36(24-29)31-12-4-7-18-44(31)57-46/h1-27H. The molecule has 266 valence electrons. The van der Waals surface area contributed by atoms with Gasteiger partial charge in [-0.2, -0.15) is 0 Å². The zero-order chi connectivity index (χ0) is 37.4. The van der Waals surface area contributed by atoms with Crippen molar-refractivity contribution in [3.05, 3.63) is 164 Å². The zero-order valence-corrected chi connectivity index (χ0v) is 32.4. The highest BCUT2D eigenvalue weighted by atomic mass is 32.1. The normalized spacial score (nSPS) is 13.4. The molecule has 0 bridgehead atoms. The molecule has 0 spiro atoms. The van der Waals surface area contributed by atoms with E-state index in [0.717, 1.165) is 27.6 Å². The van der Waals surface area contributed by atoms with Gasteiger partial charge in [0, 0.05) is 84.5 Å². The van der Waals surface area contributed by atoms with Crippen molar-refractivity contribution in [2.75, 3.05) is 4.90 Å². The Hall–Kier alpha value is -6.86. The molecule has 0 N–H and O–H groups in total. The van der Waals surface area contributed by atoms with Crippen LogP contribution in [0, 0.1) is 0 Å². The second kappa shape index (κ2) is 10.5. The first-order valence-corrected chi connectivity index (χ1v) is 21.5.